The van der Waals surface area contributed by atoms with Crippen molar-refractivity contribution >= 4 is 17.4 Å². The molecule has 3 rings (SSSR count). The highest BCUT2D eigenvalue weighted by atomic mass is 35.5. The molecule has 0 N–H and O–H groups in total. The minimum absolute atomic E-state index is 0.701. The number of nitrogens with zero attached hydrogens (tertiary/aromatic N) is 3. The van der Waals surface area contributed by atoms with Crippen LogP contribution in [0.5, 0.6) is 0 Å². The molecule has 0 amide bonds. The second-order valence-corrected chi connectivity index (χ2v) is 5.99. The first-order valence-electron chi connectivity index (χ1n) is 7.51. The Balaban J connectivity index is 1.60. The minimum Gasteiger partial charge on any atom is -0.381 e. The van der Waals surface area contributed by atoms with Crippen LogP contribution in [0.3, 0.4) is 0 Å². The second kappa shape index (κ2) is 6.74. The van der Waals surface area contributed by atoms with Crippen molar-refractivity contribution in [3.63, 3.8) is 0 Å². The maximum atomic E-state index is 5.91. The average Bonchev–Trinajstić information content (AvgIpc) is 2.75. The van der Waals surface area contributed by atoms with E-state index in [1.807, 2.05) is 12.1 Å². The van der Waals surface area contributed by atoms with Crippen LogP contribution < -0.4 is 4.90 Å². The summed E-state index contributed by atoms with van der Waals surface area (Å²) in [4.78, 5) is 9.44. The summed E-state index contributed by atoms with van der Waals surface area (Å²) in [5.74, 6) is 1.04. The topological polar surface area (TPSA) is 28.6 Å². The Morgan fingerprint density at radius 3 is 2.70 bits per heavy atom. The molecule has 110 valence electrons. The number of halogens is 1. The lowest BCUT2D eigenvalue weighted by molar-refractivity contribution is 0.0365. The molecular formula is C15H22ClN3O. The maximum Gasteiger partial charge on any atom is 0.128 e. The van der Waals surface area contributed by atoms with E-state index in [-0.39, 0.29) is 0 Å². The average molecular weight is 296 g/mol. The predicted octanol–water partition coefficient (Wildman–Crippen LogP) is 2.43. The van der Waals surface area contributed by atoms with Crippen molar-refractivity contribution in [2.45, 2.75) is 25.3 Å². The number of anilines is 1. The van der Waals surface area contributed by atoms with Gasteiger partial charge in [0.05, 0.1) is 5.02 Å². The normalized spacial score (nSPS) is 22.8. The molecule has 0 radical (unpaired) electrons. The van der Waals surface area contributed by atoms with Gasteiger partial charge in [-0.05, 0) is 31.4 Å². The number of ether oxygens (including phenoxy) is 1. The Bertz CT molecular complexity index is 420. The van der Waals surface area contributed by atoms with Crippen molar-refractivity contribution in [3.8, 4) is 0 Å². The smallest absolute Gasteiger partial charge is 0.128 e. The highest BCUT2D eigenvalue weighted by Crippen LogP contribution is 2.20. The van der Waals surface area contributed by atoms with Gasteiger partial charge in [0.25, 0.3) is 0 Å². The molecule has 1 aromatic rings. The fourth-order valence-electron chi connectivity index (χ4n) is 3.14. The van der Waals surface area contributed by atoms with E-state index in [1.54, 1.807) is 6.20 Å². The van der Waals surface area contributed by atoms with Gasteiger partial charge in [0, 0.05) is 51.6 Å². The standard InChI is InChI=1S/C15H22ClN3O/c16-13-2-3-15(17-12-13)19-7-1-6-18(8-9-19)14-4-10-20-11-5-14/h2-3,12,14H,1,4-11H2. The lowest BCUT2D eigenvalue weighted by atomic mass is 10.1. The zero-order valence-corrected chi connectivity index (χ0v) is 12.6. The van der Waals surface area contributed by atoms with Crippen molar-refractivity contribution < 1.29 is 4.74 Å². The third-order valence-corrected chi connectivity index (χ3v) is 4.50. The summed E-state index contributed by atoms with van der Waals surface area (Å²) in [6.45, 7) is 6.28. The molecule has 2 aliphatic heterocycles. The molecule has 0 atom stereocenters. The summed E-state index contributed by atoms with van der Waals surface area (Å²) in [5, 5.41) is 0.701. The van der Waals surface area contributed by atoms with Crippen LogP contribution in [0.2, 0.25) is 5.02 Å². The van der Waals surface area contributed by atoms with Crippen LogP contribution in [0.4, 0.5) is 5.82 Å². The molecule has 0 aromatic carbocycles. The van der Waals surface area contributed by atoms with E-state index in [2.05, 4.69) is 14.8 Å². The molecule has 0 saturated carbocycles. The summed E-state index contributed by atoms with van der Waals surface area (Å²) < 4.78 is 5.46. The molecule has 2 fully saturated rings. The van der Waals surface area contributed by atoms with E-state index in [1.165, 1.54) is 25.8 Å². The summed E-state index contributed by atoms with van der Waals surface area (Å²) in [6.07, 6.45) is 5.29. The monoisotopic (exact) mass is 295 g/mol. The lowest BCUT2D eigenvalue weighted by Crippen LogP contribution is -2.41. The van der Waals surface area contributed by atoms with Gasteiger partial charge in [-0.1, -0.05) is 11.6 Å². The van der Waals surface area contributed by atoms with Gasteiger partial charge in [-0.15, -0.1) is 0 Å². The minimum atomic E-state index is 0.701. The molecule has 2 aliphatic rings. The van der Waals surface area contributed by atoms with E-state index in [9.17, 15) is 0 Å². The Morgan fingerprint density at radius 2 is 1.95 bits per heavy atom. The molecular weight excluding hydrogens is 274 g/mol. The van der Waals surface area contributed by atoms with Crippen LogP contribution in [0, 0.1) is 0 Å². The van der Waals surface area contributed by atoms with E-state index < -0.39 is 0 Å². The van der Waals surface area contributed by atoms with Crippen molar-refractivity contribution in [1.82, 2.24) is 9.88 Å². The molecule has 2 saturated heterocycles. The first-order valence-corrected chi connectivity index (χ1v) is 7.89. The van der Waals surface area contributed by atoms with Gasteiger partial charge in [0.2, 0.25) is 0 Å². The molecule has 0 unspecified atom stereocenters. The van der Waals surface area contributed by atoms with E-state index >= 15 is 0 Å². The molecule has 5 heteroatoms. The van der Waals surface area contributed by atoms with Crippen LogP contribution in [0.1, 0.15) is 19.3 Å². The quantitative estimate of drug-likeness (QED) is 0.838. The van der Waals surface area contributed by atoms with Crippen molar-refractivity contribution in [2.75, 3.05) is 44.3 Å². The zero-order chi connectivity index (χ0) is 13.8. The third-order valence-electron chi connectivity index (χ3n) is 4.27. The number of aromatic nitrogens is 1. The first-order chi connectivity index (χ1) is 9.83. The van der Waals surface area contributed by atoms with Gasteiger partial charge in [-0.25, -0.2) is 4.98 Å². The second-order valence-electron chi connectivity index (χ2n) is 5.55. The summed E-state index contributed by atoms with van der Waals surface area (Å²) in [7, 11) is 0. The molecule has 20 heavy (non-hydrogen) atoms. The Labute approximate surface area is 125 Å². The molecule has 4 nitrogen and oxygen atoms in total. The fourth-order valence-corrected chi connectivity index (χ4v) is 3.25. The first kappa shape index (κ1) is 14.1. The van der Waals surface area contributed by atoms with E-state index in [0.29, 0.717) is 11.1 Å². The summed E-state index contributed by atoms with van der Waals surface area (Å²) in [6, 6.07) is 4.65. The van der Waals surface area contributed by atoms with Gasteiger partial charge < -0.3 is 9.64 Å². The van der Waals surface area contributed by atoms with Crippen LogP contribution in [0.25, 0.3) is 0 Å². The molecule has 3 heterocycles. The van der Waals surface area contributed by atoms with Gasteiger partial charge in [0.15, 0.2) is 0 Å². The molecule has 0 bridgehead atoms. The largest absolute Gasteiger partial charge is 0.381 e. The number of hydrogen-bond donors (Lipinski definition) is 0. The van der Waals surface area contributed by atoms with Gasteiger partial charge in [-0.3, -0.25) is 4.90 Å². The highest BCUT2D eigenvalue weighted by molar-refractivity contribution is 6.30. The van der Waals surface area contributed by atoms with Crippen molar-refractivity contribution in [2.24, 2.45) is 0 Å². The van der Waals surface area contributed by atoms with E-state index in [4.69, 9.17) is 16.3 Å². The summed E-state index contributed by atoms with van der Waals surface area (Å²) >= 11 is 5.91. The number of hydrogen-bond acceptors (Lipinski definition) is 4. The number of pyridine rings is 1. The summed E-state index contributed by atoms with van der Waals surface area (Å²) in [5.41, 5.74) is 0. The third kappa shape index (κ3) is 3.43. The zero-order valence-electron chi connectivity index (χ0n) is 11.8. The van der Waals surface area contributed by atoms with Crippen molar-refractivity contribution in [3.05, 3.63) is 23.4 Å². The maximum absolute atomic E-state index is 5.91. The number of rotatable bonds is 2. The van der Waals surface area contributed by atoms with Crippen LogP contribution in [0.15, 0.2) is 18.3 Å². The highest BCUT2D eigenvalue weighted by Gasteiger charge is 2.24. The predicted molar refractivity (Wildman–Crippen MR) is 81.5 cm³/mol. The molecule has 1 aromatic heterocycles. The Hall–Kier alpha value is -0.840. The van der Waals surface area contributed by atoms with E-state index in [0.717, 1.165) is 38.7 Å². The fraction of sp³-hybridized carbons (Fsp3) is 0.667. The molecule has 0 spiro atoms. The van der Waals surface area contributed by atoms with Gasteiger partial charge in [-0.2, -0.15) is 0 Å². The van der Waals surface area contributed by atoms with Crippen LogP contribution in [-0.4, -0.2) is 55.3 Å². The van der Waals surface area contributed by atoms with Crippen molar-refractivity contribution in [1.29, 1.82) is 0 Å². The van der Waals surface area contributed by atoms with Gasteiger partial charge >= 0.3 is 0 Å². The lowest BCUT2D eigenvalue weighted by Gasteiger charge is -2.33. The van der Waals surface area contributed by atoms with Crippen LogP contribution in [-0.2, 0) is 4.74 Å². The SMILES string of the molecule is Clc1ccc(N2CCCN(C3CCOCC3)CC2)nc1. The molecule has 0 aliphatic carbocycles. The van der Waals surface area contributed by atoms with Gasteiger partial charge in [0.1, 0.15) is 5.82 Å². The Kier molecular flexibility index (Phi) is 4.76. The Morgan fingerprint density at radius 1 is 1.10 bits per heavy atom. The van der Waals surface area contributed by atoms with Crippen LogP contribution >= 0.6 is 11.6 Å².